The summed E-state index contributed by atoms with van der Waals surface area (Å²) >= 11 is 1.27. The van der Waals surface area contributed by atoms with Gasteiger partial charge in [0.05, 0.1) is 16.8 Å². The number of thiazole rings is 1. The zero-order chi connectivity index (χ0) is 29.2. The Morgan fingerprint density at radius 3 is 2.50 bits per heavy atom. The first-order chi connectivity index (χ1) is 20.3. The molecule has 0 atom stereocenters. The number of rotatable bonds is 8. The molecule has 0 radical (unpaired) electrons. The van der Waals surface area contributed by atoms with Gasteiger partial charge in [0.2, 0.25) is 4.96 Å². The molecule has 210 valence electrons. The van der Waals surface area contributed by atoms with Crippen molar-refractivity contribution in [2.75, 3.05) is 6.61 Å². The molecular weight excluding hydrogens is 549 g/mol. The quantitative estimate of drug-likeness (QED) is 0.215. The maximum absolute atomic E-state index is 13.3. The minimum atomic E-state index is -0.298. The summed E-state index contributed by atoms with van der Waals surface area (Å²) in [5.41, 5.74) is 4.95. The van der Waals surface area contributed by atoms with E-state index in [0.29, 0.717) is 27.8 Å². The third kappa shape index (κ3) is 5.77. The van der Waals surface area contributed by atoms with Crippen molar-refractivity contribution in [3.8, 4) is 22.7 Å². The fraction of sp³-hybridized carbons (Fsp3) is 0.152. The summed E-state index contributed by atoms with van der Waals surface area (Å²) in [7, 11) is 0. The van der Waals surface area contributed by atoms with Crippen LogP contribution in [-0.2, 0) is 0 Å². The highest BCUT2D eigenvalue weighted by molar-refractivity contribution is 7.15. The molecule has 9 heteroatoms. The second-order valence-corrected chi connectivity index (χ2v) is 11.4. The number of benzene rings is 3. The number of hydrogen-bond donors (Lipinski definition) is 0. The van der Waals surface area contributed by atoms with Crippen molar-refractivity contribution in [3.05, 3.63) is 122 Å². The molecule has 0 saturated heterocycles. The van der Waals surface area contributed by atoms with Gasteiger partial charge >= 0.3 is 0 Å². The number of halogens is 1. The van der Waals surface area contributed by atoms with Crippen LogP contribution in [0.1, 0.15) is 36.4 Å². The normalized spacial score (nSPS) is 12.3. The fourth-order valence-electron chi connectivity index (χ4n) is 4.45. The van der Waals surface area contributed by atoms with E-state index in [1.165, 1.54) is 28.0 Å². The van der Waals surface area contributed by atoms with Crippen LogP contribution in [0.2, 0.25) is 0 Å². The number of aryl methyl sites for hydroxylation is 1. The van der Waals surface area contributed by atoms with Gasteiger partial charge in [0.1, 0.15) is 17.3 Å². The van der Waals surface area contributed by atoms with E-state index in [1.807, 2.05) is 66.3 Å². The minimum absolute atomic E-state index is 0.254. The molecule has 0 amide bonds. The molecule has 0 spiro atoms. The highest BCUT2D eigenvalue weighted by Crippen LogP contribution is 2.29. The summed E-state index contributed by atoms with van der Waals surface area (Å²) in [4.78, 5) is 18.3. The molecular formula is C33H28FN5O2S. The van der Waals surface area contributed by atoms with Crippen LogP contribution < -0.4 is 14.8 Å². The van der Waals surface area contributed by atoms with Gasteiger partial charge in [0.15, 0.2) is 5.82 Å². The number of ether oxygens (including phenoxy) is 1. The average Bonchev–Trinajstić information content (AvgIpc) is 3.67. The lowest BCUT2D eigenvalue weighted by atomic mass is 10.0. The second-order valence-electron chi connectivity index (χ2n) is 10.4. The molecule has 3 aromatic heterocycles. The minimum Gasteiger partial charge on any atom is -0.493 e. The van der Waals surface area contributed by atoms with E-state index in [9.17, 15) is 9.18 Å². The molecule has 0 aliphatic carbocycles. The molecule has 3 heterocycles. The number of aromatic nitrogens is 5. The molecule has 0 aliphatic rings. The Labute approximate surface area is 245 Å². The van der Waals surface area contributed by atoms with E-state index in [1.54, 1.807) is 24.3 Å². The molecule has 6 rings (SSSR count). The lowest BCUT2D eigenvalue weighted by Crippen LogP contribution is -2.23. The average molecular weight is 578 g/mol. The molecule has 7 nitrogen and oxygen atoms in total. The fourth-order valence-corrected chi connectivity index (χ4v) is 5.36. The van der Waals surface area contributed by atoms with E-state index in [0.717, 1.165) is 39.4 Å². The van der Waals surface area contributed by atoms with Gasteiger partial charge in [-0.15, -0.1) is 5.10 Å². The highest BCUT2D eigenvalue weighted by Gasteiger charge is 2.15. The van der Waals surface area contributed by atoms with Gasteiger partial charge in [-0.1, -0.05) is 61.6 Å². The molecule has 42 heavy (non-hydrogen) atoms. The lowest BCUT2D eigenvalue weighted by Gasteiger charge is -2.12. The SMILES string of the molecule is Cc1cc(-c2nn(-c3ccccc3)cc2/C=c2\sc3nc(/C=C/c4ccc(F)cc4)nn3c2=O)ccc1OCC(C)C. The van der Waals surface area contributed by atoms with Crippen molar-refractivity contribution in [3.63, 3.8) is 0 Å². The third-order valence-electron chi connectivity index (χ3n) is 6.56. The van der Waals surface area contributed by atoms with Crippen molar-refractivity contribution in [2.45, 2.75) is 20.8 Å². The molecule has 0 saturated carbocycles. The first-order valence-electron chi connectivity index (χ1n) is 13.6. The highest BCUT2D eigenvalue weighted by atomic mass is 32.1. The maximum atomic E-state index is 13.3. The van der Waals surface area contributed by atoms with Crippen molar-refractivity contribution in [1.29, 1.82) is 0 Å². The number of hydrogen-bond acceptors (Lipinski definition) is 6. The van der Waals surface area contributed by atoms with Crippen molar-refractivity contribution in [1.82, 2.24) is 24.4 Å². The van der Waals surface area contributed by atoms with Crippen LogP contribution in [-0.4, -0.2) is 31.0 Å². The first kappa shape index (κ1) is 27.3. The molecule has 0 aliphatic heterocycles. The number of para-hydroxylation sites is 1. The van der Waals surface area contributed by atoms with Crippen molar-refractivity contribution < 1.29 is 9.13 Å². The van der Waals surface area contributed by atoms with Crippen LogP contribution in [0.15, 0.2) is 83.8 Å². The smallest absolute Gasteiger partial charge is 0.291 e. The summed E-state index contributed by atoms with van der Waals surface area (Å²) in [5.74, 6) is 1.38. The van der Waals surface area contributed by atoms with Crippen LogP contribution in [0, 0.1) is 18.7 Å². The van der Waals surface area contributed by atoms with Crippen molar-refractivity contribution in [2.24, 2.45) is 5.92 Å². The molecule has 6 aromatic rings. The Morgan fingerprint density at radius 1 is 1.00 bits per heavy atom. The third-order valence-corrected chi connectivity index (χ3v) is 7.52. The second kappa shape index (κ2) is 11.5. The Morgan fingerprint density at radius 2 is 1.79 bits per heavy atom. The van der Waals surface area contributed by atoms with Gasteiger partial charge in [-0.05, 0) is 78.6 Å². The van der Waals surface area contributed by atoms with E-state index >= 15 is 0 Å². The first-order valence-corrected chi connectivity index (χ1v) is 14.4. The van der Waals surface area contributed by atoms with E-state index in [2.05, 4.69) is 30.0 Å². The lowest BCUT2D eigenvalue weighted by molar-refractivity contribution is 0.269. The summed E-state index contributed by atoms with van der Waals surface area (Å²) in [6, 6.07) is 22.0. The van der Waals surface area contributed by atoms with Crippen molar-refractivity contribution >= 4 is 34.5 Å². The Hall–Kier alpha value is -4.89. The summed E-state index contributed by atoms with van der Waals surface area (Å²) in [5, 5.41) is 9.29. The molecule has 0 bridgehead atoms. The summed E-state index contributed by atoms with van der Waals surface area (Å²) < 4.78 is 22.8. The van der Waals surface area contributed by atoms with E-state index < -0.39 is 0 Å². The molecule has 3 aromatic carbocycles. The van der Waals surface area contributed by atoms with Crippen LogP contribution >= 0.6 is 11.3 Å². The number of nitrogens with zero attached hydrogens (tertiary/aromatic N) is 5. The van der Waals surface area contributed by atoms with Crippen LogP contribution in [0.5, 0.6) is 5.75 Å². The van der Waals surface area contributed by atoms with Gasteiger partial charge < -0.3 is 4.74 Å². The summed E-state index contributed by atoms with van der Waals surface area (Å²) in [6.07, 6.45) is 7.25. The van der Waals surface area contributed by atoms with Gasteiger partial charge in [0.25, 0.3) is 5.56 Å². The zero-order valence-corrected chi connectivity index (χ0v) is 24.2. The predicted octanol–water partition coefficient (Wildman–Crippen LogP) is 6.20. The van der Waals surface area contributed by atoms with Crippen LogP contribution in [0.4, 0.5) is 4.39 Å². The van der Waals surface area contributed by atoms with Gasteiger partial charge in [0, 0.05) is 17.3 Å². The van der Waals surface area contributed by atoms with Gasteiger partial charge in [-0.25, -0.2) is 9.07 Å². The van der Waals surface area contributed by atoms with E-state index in [4.69, 9.17) is 9.84 Å². The largest absolute Gasteiger partial charge is 0.493 e. The number of fused-ring (bicyclic) bond motifs is 1. The Kier molecular flexibility index (Phi) is 7.50. The molecule has 0 unspecified atom stereocenters. The van der Waals surface area contributed by atoms with Gasteiger partial charge in [-0.3, -0.25) is 4.79 Å². The predicted molar refractivity (Wildman–Crippen MR) is 165 cm³/mol. The Balaban J connectivity index is 1.38. The maximum Gasteiger partial charge on any atom is 0.291 e. The van der Waals surface area contributed by atoms with Crippen LogP contribution in [0.25, 0.3) is 40.1 Å². The topological polar surface area (TPSA) is 74.3 Å². The summed E-state index contributed by atoms with van der Waals surface area (Å²) in [6.45, 7) is 6.91. The van der Waals surface area contributed by atoms with E-state index in [-0.39, 0.29) is 11.4 Å². The van der Waals surface area contributed by atoms with Gasteiger partial charge in [-0.2, -0.15) is 14.6 Å². The van der Waals surface area contributed by atoms with Crippen LogP contribution in [0.3, 0.4) is 0 Å². The monoisotopic (exact) mass is 577 g/mol. The standard InChI is InChI=1S/C33H28FN5O2S/c1-21(2)20-41-28-15-12-24(17-22(28)3)31-25(19-38(37-31)27-7-5-4-6-8-27)18-29-32(40)39-33(42-29)35-30(36-39)16-11-23-9-13-26(34)14-10-23/h4-19,21H,20H2,1-3H3/b16-11+,29-18-. The Bertz CT molecular complexity index is 2010. The zero-order valence-electron chi connectivity index (χ0n) is 23.4. The molecule has 0 fully saturated rings. The molecule has 0 N–H and O–H groups in total.